The van der Waals surface area contributed by atoms with Crippen molar-refractivity contribution in [2.75, 3.05) is 7.11 Å². The molecule has 0 N–H and O–H groups in total. The molecule has 2 aliphatic rings. The van der Waals surface area contributed by atoms with Crippen LogP contribution in [0.1, 0.15) is 63.7 Å². The van der Waals surface area contributed by atoms with Crippen LogP contribution < -0.4 is 0 Å². The summed E-state index contributed by atoms with van der Waals surface area (Å²) in [7, 11) is 1.47. The SMILES string of the molecule is COC(=O)C1CCC(Cn2cc(C(=O)C3C(C)(C)C3(C)C)c3ccccc32)CC1. The molecule has 1 aromatic carbocycles. The lowest BCUT2D eigenvalue weighted by Crippen LogP contribution is -2.24. The fourth-order valence-electron chi connectivity index (χ4n) is 5.63. The first-order valence-corrected chi connectivity index (χ1v) is 10.9. The Kier molecular flexibility index (Phi) is 4.87. The van der Waals surface area contributed by atoms with E-state index in [0.717, 1.165) is 48.7 Å². The second-order valence-electron chi connectivity index (χ2n) is 10.2. The van der Waals surface area contributed by atoms with Crippen LogP contribution in [0.4, 0.5) is 0 Å². The van der Waals surface area contributed by atoms with Crippen LogP contribution in [0.2, 0.25) is 0 Å². The zero-order valence-corrected chi connectivity index (χ0v) is 18.3. The highest BCUT2D eigenvalue weighted by Crippen LogP contribution is 2.69. The molecule has 0 spiro atoms. The Balaban J connectivity index is 1.56. The number of aromatic nitrogens is 1. The van der Waals surface area contributed by atoms with Gasteiger partial charge in [0.05, 0.1) is 13.0 Å². The fourth-order valence-corrected chi connectivity index (χ4v) is 5.63. The molecule has 1 aromatic heterocycles. The smallest absolute Gasteiger partial charge is 0.308 e. The van der Waals surface area contributed by atoms with E-state index >= 15 is 0 Å². The molecule has 2 aromatic rings. The molecule has 0 unspecified atom stereocenters. The van der Waals surface area contributed by atoms with Gasteiger partial charge in [-0.05, 0) is 48.5 Å². The number of para-hydroxylation sites is 1. The Bertz CT molecular complexity index is 930. The summed E-state index contributed by atoms with van der Waals surface area (Å²) in [4.78, 5) is 25.2. The van der Waals surface area contributed by atoms with Gasteiger partial charge in [-0.2, -0.15) is 0 Å². The lowest BCUT2D eigenvalue weighted by molar-refractivity contribution is -0.146. The standard InChI is InChI=1S/C25H33NO3/c1-24(2)22(25(24,3)4)21(27)19-15-26(20-9-7-6-8-18(19)20)14-16-10-12-17(13-11-16)23(28)29-5/h6-9,15-17,22H,10-14H2,1-5H3. The predicted octanol–water partition coefficient (Wildman–Crippen LogP) is 5.49. The maximum atomic E-state index is 13.4. The summed E-state index contributed by atoms with van der Waals surface area (Å²) in [5.74, 6) is 0.865. The average molecular weight is 396 g/mol. The summed E-state index contributed by atoms with van der Waals surface area (Å²) in [6.07, 6.45) is 5.93. The van der Waals surface area contributed by atoms with Gasteiger partial charge in [0.2, 0.25) is 0 Å². The van der Waals surface area contributed by atoms with Crippen molar-refractivity contribution >= 4 is 22.7 Å². The molecule has 0 amide bonds. The number of hydrogen-bond donors (Lipinski definition) is 0. The maximum absolute atomic E-state index is 13.4. The highest BCUT2D eigenvalue weighted by molar-refractivity contribution is 6.11. The number of fused-ring (bicyclic) bond motifs is 1. The Morgan fingerprint density at radius 2 is 1.66 bits per heavy atom. The zero-order chi connectivity index (χ0) is 21.0. The van der Waals surface area contributed by atoms with Crippen LogP contribution in [0.3, 0.4) is 0 Å². The first-order valence-electron chi connectivity index (χ1n) is 10.9. The van der Waals surface area contributed by atoms with Gasteiger partial charge in [-0.3, -0.25) is 9.59 Å². The summed E-state index contributed by atoms with van der Waals surface area (Å²) in [6.45, 7) is 9.71. The Labute approximate surface area is 173 Å². The topological polar surface area (TPSA) is 48.3 Å². The van der Waals surface area contributed by atoms with Crippen LogP contribution in [0, 0.1) is 28.6 Å². The molecule has 4 rings (SSSR count). The van der Waals surface area contributed by atoms with Crippen molar-refractivity contribution < 1.29 is 14.3 Å². The van der Waals surface area contributed by atoms with E-state index in [4.69, 9.17) is 4.74 Å². The summed E-state index contributed by atoms with van der Waals surface area (Å²) in [5.41, 5.74) is 2.09. The summed E-state index contributed by atoms with van der Waals surface area (Å²) in [5, 5.41) is 1.07. The predicted molar refractivity (Wildman–Crippen MR) is 115 cm³/mol. The number of ketones is 1. The minimum absolute atomic E-state index is 0.0412. The molecule has 0 bridgehead atoms. The van der Waals surface area contributed by atoms with E-state index in [-0.39, 0.29) is 34.4 Å². The van der Waals surface area contributed by atoms with Crippen molar-refractivity contribution in [2.45, 2.75) is 59.9 Å². The number of benzene rings is 1. The molecule has 2 saturated carbocycles. The molecule has 0 atom stereocenters. The Morgan fingerprint density at radius 3 is 2.24 bits per heavy atom. The first-order chi connectivity index (χ1) is 13.7. The monoisotopic (exact) mass is 395 g/mol. The quantitative estimate of drug-likeness (QED) is 0.497. The van der Waals surface area contributed by atoms with Gasteiger partial charge >= 0.3 is 5.97 Å². The molecule has 156 valence electrons. The van der Waals surface area contributed by atoms with Crippen LogP contribution in [0.5, 0.6) is 0 Å². The number of esters is 1. The van der Waals surface area contributed by atoms with E-state index in [1.165, 1.54) is 7.11 Å². The van der Waals surface area contributed by atoms with E-state index in [1.54, 1.807) is 0 Å². The second-order valence-corrected chi connectivity index (χ2v) is 10.2. The first kappa shape index (κ1) is 20.2. The number of methoxy groups -OCH3 is 1. The van der Waals surface area contributed by atoms with Gasteiger partial charge in [-0.15, -0.1) is 0 Å². The van der Waals surface area contributed by atoms with E-state index in [9.17, 15) is 9.59 Å². The largest absolute Gasteiger partial charge is 0.469 e. The number of Topliss-reactive ketones (excluding diaryl/α,β-unsaturated/α-hetero) is 1. The average Bonchev–Trinajstić information content (AvgIpc) is 2.97. The van der Waals surface area contributed by atoms with Crippen LogP contribution in [-0.2, 0) is 16.1 Å². The molecule has 4 nitrogen and oxygen atoms in total. The number of ether oxygens (including phenoxy) is 1. The summed E-state index contributed by atoms with van der Waals surface area (Å²) >= 11 is 0. The minimum Gasteiger partial charge on any atom is -0.469 e. The molecule has 0 aliphatic heterocycles. The summed E-state index contributed by atoms with van der Waals surface area (Å²) < 4.78 is 7.18. The molecule has 29 heavy (non-hydrogen) atoms. The fraction of sp³-hybridized carbons (Fsp3) is 0.600. The Morgan fingerprint density at radius 1 is 1.03 bits per heavy atom. The number of nitrogens with zero attached hydrogens (tertiary/aromatic N) is 1. The van der Waals surface area contributed by atoms with Crippen LogP contribution in [0.25, 0.3) is 10.9 Å². The molecule has 4 heteroatoms. The molecule has 2 aliphatic carbocycles. The van der Waals surface area contributed by atoms with Crippen molar-refractivity contribution in [1.82, 2.24) is 4.57 Å². The van der Waals surface area contributed by atoms with E-state index in [1.807, 2.05) is 12.1 Å². The number of carbonyl (C=O) groups excluding carboxylic acids is 2. The van der Waals surface area contributed by atoms with Gasteiger partial charge in [-0.25, -0.2) is 0 Å². The summed E-state index contributed by atoms with van der Waals surface area (Å²) in [6, 6.07) is 8.27. The number of hydrogen-bond acceptors (Lipinski definition) is 3. The lowest BCUT2D eigenvalue weighted by Gasteiger charge is -2.27. The molecule has 1 heterocycles. The molecular weight excluding hydrogens is 362 g/mol. The Hall–Kier alpha value is -2.10. The van der Waals surface area contributed by atoms with Crippen LogP contribution in [-0.4, -0.2) is 23.4 Å². The second kappa shape index (κ2) is 7.00. The van der Waals surface area contributed by atoms with Gasteiger partial charge in [0, 0.05) is 35.1 Å². The van der Waals surface area contributed by atoms with Gasteiger partial charge in [0.1, 0.15) is 0 Å². The normalized spacial score (nSPS) is 25.7. The molecule has 0 saturated heterocycles. The highest BCUT2D eigenvalue weighted by Gasteiger charge is 2.68. The third-order valence-electron chi connectivity index (χ3n) is 8.17. The van der Waals surface area contributed by atoms with Gasteiger partial charge in [0.25, 0.3) is 0 Å². The molecular formula is C25H33NO3. The van der Waals surface area contributed by atoms with Crippen molar-refractivity contribution in [1.29, 1.82) is 0 Å². The minimum atomic E-state index is -0.0718. The van der Waals surface area contributed by atoms with Gasteiger partial charge < -0.3 is 9.30 Å². The lowest BCUT2D eigenvalue weighted by atomic mass is 9.82. The van der Waals surface area contributed by atoms with Crippen molar-refractivity contribution in [3.8, 4) is 0 Å². The third-order valence-corrected chi connectivity index (χ3v) is 8.17. The van der Waals surface area contributed by atoms with Crippen LogP contribution >= 0.6 is 0 Å². The molecule has 2 fully saturated rings. The van der Waals surface area contributed by atoms with E-state index in [2.05, 4.69) is 50.6 Å². The number of carbonyl (C=O) groups is 2. The van der Waals surface area contributed by atoms with E-state index < -0.39 is 0 Å². The van der Waals surface area contributed by atoms with E-state index in [0.29, 0.717) is 5.92 Å². The van der Waals surface area contributed by atoms with Crippen molar-refractivity contribution in [3.05, 3.63) is 36.0 Å². The van der Waals surface area contributed by atoms with Gasteiger partial charge in [0.15, 0.2) is 5.78 Å². The zero-order valence-electron chi connectivity index (χ0n) is 18.3. The van der Waals surface area contributed by atoms with Crippen LogP contribution in [0.15, 0.2) is 30.5 Å². The number of rotatable bonds is 5. The third kappa shape index (κ3) is 3.21. The van der Waals surface area contributed by atoms with Gasteiger partial charge in [-0.1, -0.05) is 45.9 Å². The van der Waals surface area contributed by atoms with Crippen molar-refractivity contribution in [3.63, 3.8) is 0 Å². The van der Waals surface area contributed by atoms with Crippen molar-refractivity contribution in [2.24, 2.45) is 28.6 Å². The molecule has 0 radical (unpaired) electrons. The highest BCUT2D eigenvalue weighted by atomic mass is 16.5. The maximum Gasteiger partial charge on any atom is 0.308 e.